The highest BCUT2D eigenvalue weighted by molar-refractivity contribution is 5.77. The van der Waals surface area contributed by atoms with Crippen molar-refractivity contribution >= 4 is 28.6 Å². The van der Waals surface area contributed by atoms with Crippen molar-refractivity contribution < 1.29 is 9.63 Å². The van der Waals surface area contributed by atoms with Crippen LogP contribution in [0.2, 0.25) is 0 Å². The Morgan fingerprint density at radius 2 is 1.86 bits per heavy atom. The number of aromatic nitrogens is 7. The van der Waals surface area contributed by atoms with Crippen molar-refractivity contribution in [1.82, 2.24) is 39.4 Å². The molecule has 0 radical (unpaired) electrons. The van der Waals surface area contributed by atoms with Crippen LogP contribution in [0.1, 0.15) is 36.7 Å². The molecule has 2 bridgehead atoms. The van der Waals surface area contributed by atoms with Crippen LogP contribution in [-0.4, -0.2) is 70.7 Å². The minimum Gasteiger partial charge on any atom is -0.394 e. The topological polar surface area (TPSA) is 152 Å². The lowest BCUT2D eigenvalue weighted by Crippen LogP contribution is -2.51. The Bertz CT molecular complexity index is 1860. The van der Waals surface area contributed by atoms with E-state index in [4.69, 9.17) is 14.5 Å². The summed E-state index contributed by atoms with van der Waals surface area (Å²) in [5, 5.41) is 21.8. The number of anilines is 3. The molecule has 3 aliphatic rings. The zero-order valence-electron chi connectivity index (χ0n) is 24.5. The van der Waals surface area contributed by atoms with Crippen LogP contribution in [0.15, 0.2) is 70.6 Å². The van der Waals surface area contributed by atoms with Gasteiger partial charge in [-0.3, -0.25) is 14.2 Å². The molecule has 13 heteroatoms. The molecular formula is C31H34N10O3. The van der Waals surface area contributed by atoms with E-state index in [1.807, 2.05) is 30.3 Å². The third kappa shape index (κ3) is 4.93. The van der Waals surface area contributed by atoms with E-state index in [9.17, 15) is 9.90 Å². The Labute approximate surface area is 253 Å². The van der Waals surface area contributed by atoms with Gasteiger partial charge in [0.1, 0.15) is 17.2 Å². The molecule has 0 aliphatic carbocycles. The first-order valence-corrected chi connectivity index (χ1v) is 14.8. The van der Waals surface area contributed by atoms with Crippen LogP contribution in [0.5, 0.6) is 0 Å². The summed E-state index contributed by atoms with van der Waals surface area (Å²) in [6, 6.07) is 12.6. The van der Waals surface area contributed by atoms with Gasteiger partial charge in [-0.15, -0.1) is 6.58 Å². The lowest BCUT2D eigenvalue weighted by atomic mass is 9.71. The van der Waals surface area contributed by atoms with Gasteiger partial charge in [-0.05, 0) is 56.6 Å². The number of fused-ring (bicyclic) bond motifs is 4. The van der Waals surface area contributed by atoms with Gasteiger partial charge in [0.15, 0.2) is 11.5 Å². The lowest BCUT2D eigenvalue weighted by molar-refractivity contribution is 0.0747. The summed E-state index contributed by atoms with van der Waals surface area (Å²) in [4.78, 5) is 34.0. The molecule has 13 nitrogen and oxygen atoms in total. The first kappa shape index (κ1) is 27.9. The number of hydrogen-bond acceptors (Lipinski definition) is 11. The average molecular weight is 595 g/mol. The number of pyridine rings is 1. The van der Waals surface area contributed by atoms with Crippen molar-refractivity contribution in [2.45, 2.75) is 37.3 Å². The predicted molar refractivity (Wildman–Crippen MR) is 166 cm³/mol. The zero-order valence-corrected chi connectivity index (χ0v) is 24.5. The number of aliphatic hydroxyl groups is 1. The van der Waals surface area contributed by atoms with Crippen molar-refractivity contribution in [3.63, 3.8) is 0 Å². The van der Waals surface area contributed by atoms with Crippen LogP contribution in [0.4, 0.5) is 17.6 Å². The molecule has 8 rings (SSSR count). The summed E-state index contributed by atoms with van der Waals surface area (Å²) in [6.07, 6.45) is 6.37. The Balaban J connectivity index is 1.25. The maximum Gasteiger partial charge on any atom is 0.275 e. The van der Waals surface area contributed by atoms with Gasteiger partial charge in [0.2, 0.25) is 5.95 Å². The second-order valence-electron chi connectivity index (χ2n) is 11.4. The Morgan fingerprint density at radius 1 is 1.09 bits per heavy atom. The number of hydrogen-bond donors (Lipinski definition) is 3. The summed E-state index contributed by atoms with van der Waals surface area (Å²) >= 11 is 0. The maximum absolute atomic E-state index is 12.7. The van der Waals surface area contributed by atoms with Gasteiger partial charge in [0.25, 0.3) is 11.4 Å². The minimum atomic E-state index is -0.450. The highest BCUT2D eigenvalue weighted by Crippen LogP contribution is 2.42. The van der Waals surface area contributed by atoms with Crippen molar-refractivity contribution in [3.8, 4) is 11.5 Å². The van der Waals surface area contributed by atoms with Crippen LogP contribution >= 0.6 is 0 Å². The molecule has 0 saturated carbocycles. The molecule has 7 heterocycles. The minimum absolute atomic E-state index is 0.0711. The van der Waals surface area contributed by atoms with E-state index in [0.717, 1.165) is 50.3 Å². The van der Waals surface area contributed by atoms with E-state index in [0.29, 0.717) is 40.7 Å². The molecule has 0 unspecified atom stereocenters. The first-order chi connectivity index (χ1) is 21.5. The van der Waals surface area contributed by atoms with Crippen molar-refractivity contribution in [1.29, 1.82) is 0 Å². The van der Waals surface area contributed by atoms with Gasteiger partial charge in [-0.1, -0.05) is 41.6 Å². The fourth-order valence-corrected chi connectivity index (χ4v) is 6.26. The third-order valence-electron chi connectivity index (χ3n) is 8.88. The summed E-state index contributed by atoms with van der Waals surface area (Å²) in [5.74, 6) is 2.19. The Kier molecular flexibility index (Phi) is 7.18. The van der Waals surface area contributed by atoms with E-state index in [2.05, 4.69) is 37.2 Å². The molecular weight excluding hydrogens is 560 g/mol. The molecule has 5 aromatic rings. The lowest BCUT2D eigenvalue weighted by Gasteiger charge is -2.46. The molecule has 0 spiro atoms. The van der Waals surface area contributed by atoms with E-state index >= 15 is 0 Å². The molecule has 3 aliphatic heterocycles. The smallest absolute Gasteiger partial charge is 0.275 e. The number of nitrogens with one attached hydrogen (secondary N) is 2. The Morgan fingerprint density at radius 3 is 2.59 bits per heavy atom. The largest absolute Gasteiger partial charge is 0.394 e. The van der Waals surface area contributed by atoms with E-state index < -0.39 is 6.04 Å². The van der Waals surface area contributed by atoms with Gasteiger partial charge in [0.05, 0.1) is 24.6 Å². The van der Waals surface area contributed by atoms with E-state index in [1.165, 1.54) is 4.68 Å². The SMILES string of the molecule is C=CCn1c2nc(Nc3ncc(-c4nc(C56CCN(CC5)CC6)no4)c(N[C@H](CO)c4ccccc4)n3)ccc2c(=O)n1C. The molecule has 226 valence electrons. The van der Waals surface area contributed by atoms with Gasteiger partial charge in [-0.25, -0.2) is 9.97 Å². The molecule has 3 saturated heterocycles. The van der Waals surface area contributed by atoms with E-state index in [-0.39, 0.29) is 23.5 Å². The van der Waals surface area contributed by atoms with Crippen molar-refractivity contribution in [3.05, 3.63) is 83.1 Å². The number of allylic oxidation sites excluding steroid dienone is 1. The van der Waals surface area contributed by atoms with Crippen LogP contribution in [-0.2, 0) is 19.0 Å². The number of benzene rings is 1. The highest BCUT2D eigenvalue weighted by Gasteiger charge is 2.44. The Hall–Kier alpha value is -4.88. The van der Waals surface area contributed by atoms with E-state index in [1.54, 1.807) is 36.1 Å². The van der Waals surface area contributed by atoms with Crippen LogP contribution in [0.25, 0.3) is 22.5 Å². The van der Waals surface area contributed by atoms with Gasteiger partial charge >= 0.3 is 0 Å². The molecule has 44 heavy (non-hydrogen) atoms. The number of piperidine rings is 3. The molecule has 1 atom stereocenters. The molecule has 3 fully saturated rings. The van der Waals surface area contributed by atoms with Crippen LogP contribution < -0.4 is 16.2 Å². The molecule has 3 N–H and O–H groups in total. The summed E-state index contributed by atoms with van der Waals surface area (Å²) in [6.45, 7) is 7.19. The predicted octanol–water partition coefficient (Wildman–Crippen LogP) is 3.39. The third-order valence-corrected chi connectivity index (χ3v) is 8.88. The maximum atomic E-state index is 12.7. The van der Waals surface area contributed by atoms with Crippen LogP contribution in [0.3, 0.4) is 0 Å². The van der Waals surface area contributed by atoms with Gasteiger partial charge < -0.3 is 25.2 Å². The summed E-state index contributed by atoms with van der Waals surface area (Å²) < 4.78 is 9.10. The van der Waals surface area contributed by atoms with Crippen molar-refractivity contribution in [2.75, 3.05) is 36.9 Å². The quantitative estimate of drug-likeness (QED) is 0.204. The van der Waals surface area contributed by atoms with Gasteiger partial charge in [-0.2, -0.15) is 9.97 Å². The zero-order chi connectivity index (χ0) is 30.3. The monoisotopic (exact) mass is 594 g/mol. The first-order valence-electron chi connectivity index (χ1n) is 14.8. The molecule has 4 aromatic heterocycles. The van der Waals surface area contributed by atoms with Crippen LogP contribution in [0, 0.1) is 0 Å². The summed E-state index contributed by atoms with van der Waals surface area (Å²) in [7, 11) is 1.70. The highest BCUT2D eigenvalue weighted by atomic mass is 16.5. The fraction of sp³-hybridized carbons (Fsp3) is 0.355. The summed E-state index contributed by atoms with van der Waals surface area (Å²) in [5.41, 5.74) is 1.73. The number of nitrogens with zero attached hydrogens (tertiary/aromatic N) is 8. The van der Waals surface area contributed by atoms with Gasteiger partial charge in [0, 0.05) is 18.7 Å². The molecule has 0 amide bonds. The second-order valence-corrected chi connectivity index (χ2v) is 11.4. The number of rotatable bonds is 10. The second kappa shape index (κ2) is 11.3. The normalized spacial score (nSPS) is 20.1. The number of aliphatic hydroxyl groups excluding tert-OH is 1. The molecule has 1 aromatic carbocycles. The van der Waals surface area contributed by atoms with Crippen molar-refractivity contribution in [2.24, 2.45) is 7.05 Å². The fourth-order valence-electron chi connectivity index (χ4n) is 6.26. The average Bonchev–Trinajstić information content (AvgIpc) is 3.66. The standard InChI is InChI=1S/C31H34N10O3/c1-3-14-41-26-21(28(43)39(41)2)9-10-24(34-26)35-30-32-18-22(25(36-30)33-23(19-42)20-7-5-4-6-8-20)27-37-29(38-44-27)31-11-15-40(16-12-31)17-13-31/h3-10,18,23,42H,1,11-17,19H2,2H3,(H2,32,33,34,35,36)/t23-/m1/s1.